The number of benzene rings is 7. The molecule has 0 N–H and O–H groups in total. The molecular weight excluding hydrogens is 719 g/mol. The highest BCUT2D eigenvalue weighted by Gasteiger charge is 2.22. The van der Waals surface area contributed by atoms with Gasteiger partial charge in [-0.05, 0) is 83.9 Å². The van der Waals surface area contributed by atoms with Crippen molar-refractivity contribution in [3.63, 3.8) is 0 Å². The quantitative estimate of drug-likeness (QED) is 0.177. The van der Waals surface area contributed by atoms with Crippen molar-refractivity contribution in [2.75, 3.05) is 0 Å². The molecule has 0 aliphatic heterocycles. The largest absolute Gasteiger partial charge is 0.456 e. The Hall–Kier alpha value is -8.10. The van der Waals surface area contributed by atoms with Crippen molar-refractivity contribution in [2.45, 2.75) is 0 Å². The van der Waals surface area contributed by atoms with Crippen LogP contribution in [0.3, 0.4) is 0 Å². The number of hydrogen-bond acceptors (Lipinski definition) is 7. The molecule has 0 saturated carbocycles. The maximum atomic E-state index is 6.53. The zero-order valence-electron chi connectivity index (χ0n) is 30.5. The van der Waals surface area contributed by atoms with Crippen molar-refractivity contribution in [3.05, 3.63) is 164 Å². The number of rotatable bonds is 4. The van der Waals surface area contributed by atoms with Crippen LogP contribution in [-0.2, 0) is 0 Å². The van der Waals surface area contributed by atoms with Crippen LogP contribution in [0.2, 0.25) is 0 Å². The summed E-state index contributed by atoms with van der Waals surface area (Å²) < 4.78 is 21.0. The van der Waals surface area contributed by atoms with Crippen LogP contribution in [-0.4, -0.2) is 24.5 Å². The summed E-state index contributed by atoms with van der Waals surface area (Å²) in [5.74, 6) is 1.50. The summed E-state index contributed by atoms with van der Waals surface area (Å²) in [5, 5.41) is 7.29. The van der Waals surface area contributed by atoms with Crippen molar-refractivity contribution in [3.8, 4) is 39.9 Å². The van der Waals surface area contributed by atoms with Gasteiger partial charge in [0.1, 0.15) is 33.4 Å². The van der Waals surface area contributed by atoms with E-state index in [1.807, 2.05) is 72.8 Å². The molecule has 0 atom stereocenters. The van der Waals surface area contributed by atoms with Crippen LogP contribution in [0.15, 0.2) is 177 Å². The molecule has 0 amide bonds. The smallest absolute Gasteiger partial charge is 0.238 e. The molecule has 7 aromatic carbocycles. The lowest BCUT2D eigenvalue weighted by Crippen LogP contribution is -2.06. The third-order valence-corrected chi connectivity index (χ3v) is 11.3. The summed E-state index contributed by atoms with van der Waals surface area (Å²) in [6.45, 7) is 0. The van der Waals surface area contributed by atoms with Gasteiger partial charge in [0, 0.05) is 49.5 Å². The zero-order chi connectivity index (χ0) is 37.9. The van der Waals surface area contributed by atoms with E-state index in [1.165, 1.54) is 0 Å². The highest BCUT2D eigenvalue weighted by Crippen LogP contribution is 2.39. The van der Waals surface area contributed by atoms with Gasteiger partial charge in [0.25, 0.3) is 0 Å². The monoisotopic (exact) mass is 745 g/mol. The Morgan fingerprint density at radius 1 is 0.379 bits per heavy atom. The first-order chi connectivity index (χ1) is 28.7. The molecular formula is C50H27N5O3. The molecule has 6 aromatic heterocycles. The van der Waals surface area contributed by atoms with Crippen LogP contribution >= 0.6 is 0 Å². The third-order valence-electron chi connectivity index (χ3n) is 11.3. The topological polar surface area (TPSA) is 95.9 Å². The Labute approximate surface area is 328 Å². The molecule has 0 unspecified atom stereocenters. The molecule has 270 valence electrons. The number of pyridine rings is 1. The molecule has 8 nitrogen and oxygen atoms in total. The number of para-hydroxylation sites is 4. The van der Waals surface area contributed by atoms with Crippen LogP contribution in [0.25, 0.3) is 128 Å². The van der Waals surface area contributed by atoms with E-state index in [2.05, 4.69) is 94.5 Å². The van der Waals surface area contributed by atoms with Gasteiger partial charge < -0.3 is 13.3 Å². The minimum absolute atomic E-state index is 0.489. The minimum Gasteiger partial charge on any atom is -0.456 e. The molecule has 0 spiro atoms. The normalized spacial score (nSPS) is 12.1. The number of furan rings is 3. The number of fused-ring (bicyclic) bond motifs is 12. The molecule has 8 heteroatoms. The van der Waals surface area contributed by atoms with Gasteiger partial charge in [-0.1, -0.05) is 84.9 Å². The fraction of sp³-hybridized carbons (Fsp3) is 0. The molecule has 0 fully saturated rings. The summed E-state index contributed by atoms with van der Waals surface area (Å²) in [6, 6.07) is 53.6. The SMILES string of the molecule is c1ccc2c(c1)oc1ccc(-c3ccc4c5ccccc5n(-c5nc(-c6ccc7oc8cccnc8c7c6)nc(-c6cccc7c6oc6ccccc67)n5)c4c3)cc12. The van der Waals surface area contributed by atoms with E-state index in [4.69, 9.17) is 28.2 Å². The standard InChI is InChI=1S/C50H27N5O3/c1-4-14-39-31(9-1)32-21-18-29(28-19-22-43-37(25-28)34-11-3-5-15-41(34)56-43)27-40(32)55(39)50-53-48(30-20-23-44-38(26-30)46-45(57-44)17-8-24-51-46)52-49(54-50)36-13-7-12-35-33-10-2-6-16-42(33)58-47(35)36/h1-27H. The third kappa shape index (κ3) is 4.51. The van der Waals surface area contributed by atoms with Gasteiger partial charge in [0.15, 0.2) is 17.2 Å². The lowest BCUT2D eigenvalue weighted by molar-refractivity contribution is 0.668. The highest BCUT2D eigenvalue weighted by atomic mass is 16.3. The van der Waals surface area contributed by atoms with E-state index in [0.717, 1.165) is 110 Å². The Morgan fingerprint density at radius 3 is 1.90 bits per heavy atom. The van der Waals surface area contributed by atoms with Crippen LogP contribution in [0, 0.1) is 0 Å². The molecule has 0 aliphatic rings. The average molecular weight is 746 g/mol. The zero-order valence-corrected chi connectivity index (χ0v) is 30.5. The second-order valence-corrected chi connectivity index (χ2v) is 14.6. The summed E-state index contributed by atoms with van der Waals surface area (Å²) >= 11 is 0. The molecule has 0 aliphatic carbocycles. The molecule has 6 heterocycles. The maximum Gasteiger partial charge on any atom is 0.238 e. The predicted octanol–water partition coefficient (Wildman–Crippen LogP) is 13.1. The Balaban J connectivity index is 1.08. The summed E-state index contributed by atoms with van der Waals surface area (Å²) in [7, 11) is 0. The van der Waals surface area contributed by atoms with Crippen molar-refractivity contribution in [2.24, 2.45) is 0 Å². The lowest BCUT2D eigenvalue weighted by atomic mass is 10.0. The summed E-state index contributed by atoms with van der Waals surface area (Å²) in [6.07, 6.45) is 1.78. The Kier molecular flexibility index (Phi) is 6.29. The van der Waals surface area contributed by atoms with Gasteiger partial charge in [-0.15, -0.1) is 0 Å². The lowest BCUT2D eigenvalue weighted by Gasteiger charge is -2.12. The van der Waals surface area contributed by atoms with Crippen molar-refractivity contribution < 1.29 is 13.3 Å². The van der Waals surface area contributed by atoms with E-state index >= 15 is 0 Å². The first-order valence-corrected chi connectivity index (χ1v) is 19.1. The molecule has 13 rings (SSSR count). The van der Waals surface area contributed by atoms with E-state index in [1.54, 1.807) is 6.20 Å². The van der Waals surface area contributed by atoms with Crippen LogP contribution < -0.4 is 0 Å². The summed E-state index contributed by atoms with van der Waals surface area (Å²) in [4.78, 5) is 20.4. The number of hydrogen-bond donors (Lipinski definition) is 0. The van der Waals surface area contributed by atoms with E-state index in [-0.39, 0.29) is 0 Å². The molecule has 0 saturated heterocycles. The van der Waals surface area contributed by atoms with Crippen LogP contribution in [0.4, 0.5) is 0 Å². The highest BCUT2D eigenvalue weighted by molar-refractivity contribution is 6.12. The van der Waals surface area contributed by atoms with Gasteiger partial charge in [0.05, 0.1) is 16.6 Å². The molecule has 0 bridgehead atoms. The van der Waals surface area contributed by atoms with E-state index in [0.29, 0.717) is 17.6 Å². The summed E-state index contributed by atoms with van der Waals surface area (Å²) in [5.41, 5.74) is 11.2. The van der Waals surface area contributed by atoms with Gasteiger partial charge in [-0.2, -0.15) is 9.97 Å². The fourth-order valence-corrected chi connectivity index (χ4v) is 8.65. The van der Waals surface area contributed by atoms with Crippen LogP contribution in [0.1, 0.15) is 0 Å². The van der Waals surface area contributed by atoms with Gasteiger partial charge >= 0.3 is 0 Å². The van der Waals surface area contributed by atoms with Crippen molar-refractivity contribution in [1.82, 2.24) is 24.5 Å². The van der Waals surface area contributed by atoms with Crippen molar-refractivity contribution in [1.29, 1.82) is 0 Å². The molecule has 58 heavy (non-hydrogen) atoms. The Morgan fingerprint density at radius 2 is 1.00 bits per heavy atom. The average Bonchev–Trinajstić information content (AvgIpc) is 4.04. The second-order valence-electron chi connectivity index (χ2n) is 14.6. The van der Waals surface area contributed by atoms with Gasteiger partial charge in [-0.25, -0.2) is 4.98 Å². The van der Waals surface area contributed by atoms with E-state index < -0.39 is 0 Å². The van der Waals surface area contributed by atoms with Gasteiger partial charge in [0.2, 0.25) is 5.95 Å². The predicted molar refractivity (Wildman–Crippen MR) is 230 cm³/mol. The first-order valence-electron chi connectivity index (χ1n) is 19.1. The maximum absolute atomic E-state index is 6.53. The second kappa shape index (κ2) is 11.7. The number of nitrogens with zero attached hydrogens (tertiary/aromatic N) is 5. The number of aromatic nitrogens is 5. The first kappa shape index (κ1) is 31.1. The molecule has 13 aromatic rings. The Bertz CT molecular complexity index is 3830. The molecule has 0 radical (unpaired) electrons. The van der Waals surface area contributed by atoms with Crippen molar-refractivity contribution >= 4 is 87.8 Å². The van der Waals surface area contributed by atoms with Crippen LogP contribution in [0.5, 0.6) is 0 Å². The fourth-order valence-electron chi connectivity index (χ4n) is 8.65. The minimum atomic E-state index is 0.489. The van der Waals surface area contributed by atoms with Gasteiger partial charge in [-0.3, -0.25) is 9.55 Å². The van der Waals surface area contributed by atoms with E-state index in [9.17, 15) is 0 Å².